The molecule has 0 atom stereocenters. The fraction of sp³-hybridized carbons (Fsp3) is 0.231. The molecule has 196 valence electrons. The van der Waals surface area contributed by atoms with Crippen molar-refractivity contribution in [2.24, 2.45) is 7.05 Å². The van der Waals surface area contributed by atoms with Crippen LogP contribution in [0.5, 0.6) is 0 Å². The summed E-state index contributed by atoms with van der Waals surface area (Å²) in [4.78, 5) is 21.7. The van der Waals surface area contributed by atoms with Crippen LogP contribution in [0.3, 0.4) is 0 Å². The number of benzene rings is 2. The number of rotatable bonds is 5. The van der Waals surface area contributed by atoms with E-state index in [0.29, 0.717) is 40.0 Å². The number of halogens is 4. The summed E-state index contributed by atoms with van der Waals surface area (Å²) in [5.41, 5.74) is 5.28. The molecule has 0 spiro atoms. The number of amides is 1. The number of aromatic nitrogens is 4. The van der Waals surface area contributed by atoms with Crippen LogP contribution >= 0.6 is 11.6 Å². The molecule has 2 aromatic carbocycles. The van der Waals surface area contributed by atoms with Crippen LogP contribution in [0.25, 0.3) is 11.1 Å². The molecule has 38 heavy (non-hydrogen) atoms. The first kappa shape index (κ1) is 25.5. The van der Waals surface area contributed by atoms with Gasteiger partial charge in [0.2, 0.25) is 5.95 Å². The second kappa shape index (κ2) is 9.97. The molecule has 3 heterocycles. The first-order valence-corrected chi connectivity index (χ1v) is 12.1. The van der Waals surface area contributed by atoms with Crippen LogP contribution in [0, 0.1) is 6.92 Å². The SMILES string of the molecule is Cc1cc(Nc2ncc(-c3cnn(C)c3)c(Nc3ccc4c(c3)CN(C(=O)C(F)(F)F)CC4)n2)ccc1Cl. The lowest BCUT2D eigenvalue weighted by Gasteiger charge is -2.29. The highest BCUT2D eigenvalue weighted by atomic mass is 35.5. The Morgan fingerprint density at radius 2 is 1.82 bits per heavy atom. The topological polar surface area (TPSA) is 88.0 Å². The third kappa shape index (κ3) is 5.42. The third-order valence-electron chi connectivity index (χ3n) is 6.23. The Hall–Kier alpha value is -4.12. The lowest BCUT2D eigenvalue weighted by atomic mass is 9.99. The first-order valence-electron chi connectivity index (χ1n) is 11.7. The lowest BCUT2D eigenvalue weighted by Crippen LogP contribution is -2.43. The van der Waals surface area contributed by atoms with Crippen molar-refractivity contribution in [3.8, 4) is 11.1 Å². The molecule has 2 N–H and O–H groups in total. The summed E-state index contributed by atoms with van der Waals surface area (Å²) in [5, 5.41) is 11.3. The van der Waals surface area contributed by atoms with Crippen LogP contribution in [0.1, 0.15) is 16.7 Å². The predicted molar refractivity (Wildman–Crippen MR) is 139 cm³/mol. The number of aryl methyl sites for hydroxylation is 2. The number of hydrogen-bond donors (Lipinski definition) is 2. The molecule has 0 bridgehead atoms. The summed E-state index contributed by atoms with van der Waals surface area (Å²) in [6.07, 6.45) is 0.624. The summed E-state index contributed by atoms with van der Waals surface area (Å²) in [6.45, 7) is 1.80. The van der Waals surface area contributed by atoms with Crippen molar-refractivity contribution in [2.75, 3.05) is 17.2 Å². The molecule has 2 aromatic heterocycles. The largest absolute Gasteiger partial charge is 0.471 e. The first-order chi connectivity index (χ1) is 18.1. The van der Waals surface area contributed by atoms with Crippen molar-refractivity contribution < 1.29 is 18.0 Å². The minimum absolute atomic E-state index is 0.0222. The van der Waals surface area contributed by atoms with Gasteiger partial charge in [-0.05, 0) is 60.4 Å². The molecule has 8 nitrogen and oxygen atoms in total. The molecule has 1 amide bonds. The number of fused-ring (bicyclic) bond motifs is 1. The zero-order chi connectivity index (χ0) is 27.0. The molecular formula is C26H23ClF3N7O. The normalized spacial score (nSPS) is 13.3. The van der Waals surface area contributed by atoms with Crippen molar-refractivity contribution in [3.63, 3.8) is 0 Å². The second-order valence-electron chi connectivity index (χ2n) is 9.03. The highest BCUT2D eigenvalue weighted by Crippen LogP contribution is 2.32. The van der Waals surface area contributed by atoms with Gasteiger partial charge < -0.3 is 15.5 Å². The number of carbonyl (C=O) groups excluding carboxylic acids is 1. The fourth-order valence-electron chi connectivity index (χ4n) is 4.28. The van der Waals surface area contributed by atoms with E-state index in [2.05, 4.69) is 25.7 Å². The monoisotopic (exact) mass is 541 g/mol. The molecule has 0 fully saturated rings. The summed E-state index contributed by atoms with van der Waals surface area (Å²) >= 11 is 6.13. The van der Waals surface area contributed by atoms with E-state index >= 15 is 0 Å². The smallest absolute Gasteiger partial charge is 0.340 e. The van der Waals surface area contributed by atoms with E-state index in [4.69, 9.17) is 11.6 Å². The van der Waals surface area contributed by atoms with Crippen molar-refractivity contribution in [1.29, 1.82) is 0 Å². The lowest BCUT2D eigenvalue weighted by molar-refractivity contribution is -0.186. The molecule has 0 aliphatic carbocycles. The molecule has 5 rings (SSSR count). The fourth-order valence-corrected chi connectivity index (χ4v) is 4.40. The Labute approximate surface area is 221 Å². The summed E-state index contributed by atoms with van der Waals surface area (Å²) in [5.74, 6) is -1.02. The van der Waals surface area contributed by atoms with Crippen LogP contribution in [0.2, 0.25) is 5.02 Å². The van der Waals surface area contributed by atoms with Gasteiger partial charge in [0.05, 0.1) is 6.20 Å². The van der Waals surface area contributed by atoms with Gasteiger partial charge in [-0.2, -0.15) is 23.3 Å². The van der Waals surface area contributed by atoms with Gasteiger partial charge in [0.25, 0.3) is 0 Å². The predicted octanol–water partition coefficient (Wildman–Crippen LogP) is 5.77. The summed E-state index contributed by atoms with van der Waals surface area (Å²) in [6, 6.07) is 10.9. The van der Waals surface area contributed by atoms with Crippen LogP contribution < -0.4 is 10.6 Å². The number of anilines is 4. The Morgan fingerprint density at radius 1 is 1.05 bits per heavy atom. The van der Waals surface area contributed by atoms with E-state index < -0.39 is 12.1 Å². The number of carbonyl (C=O) groups is 1. The molecule has 0 saturated carbocycles. The Morgan fingerprint density at radius 3 is 2.53 bits per heavy atom. The van der Waals surface area contributed by atoms with Gasteiger partial charge in [0, 0.05) is 60.1 Å². The number of hydrogen-bond acceptors (Lipinski definition) is 6. The van der Waals surface area contributed by atoms with Gasteiger partial charge in [0.1, 0.15) is 5.82 Å². The maximum Gasteiger partial charge on any atom is 0.471 e. The van der Waals surface area contributed by atoms with E-state index in [1.807, 2.05) is 37.4 Å². The van der Waals surface area contributed by atoms with Crippen molar-refractivity contribution in [1.82, 2.24) is 24.6 Å². The number of nitrogens with one attached hydrogen (secondary N) is 2. The maximum atomic E-state index is 13.0. The Balaban J connectivity index is 1.46. The van der Waals surface area contributed by atoms with Crippen molar-refractivity contribution >= 4 is 40.6 Å². The number of alkyl halides is 3. The molecule has 1 aliphatic rings. The van der Waals surface area contributed by atoms with Crippen LogP contribution in [0.4, 0.5) is 36.3 Å². The van der Waals surface area contributed by atoms with E-state index in [9.17, 15) is 18.0 Å². The van der Waals surface area contributed by atoms with Gasteiger partial charge >= 0.3 is 12.1 Å². The van der Waals surface area contributed by atoms with E-state index in [1.54, 1.807) is 36.3 Å². The van der Waals surface area contributed by atoms with Crippen molar-refractivity contribution in [2.45, 2.75) is 26.1 Å². The van der Waals surface area contributed by atoms with Gasteiger partial charge in [-0.3, -0.25) is 9.48 Å². The zero-order valence-electron chi connectivity index (χ0n) is 20.5. The van der Waals surface area contributed by atoms with Crippen LogP contribution in [-0.2, 0) is 24.8 Å². The summed E-state index contributed by atoms with van der Waals surface area (Å²) in [7, 11) is 1.80. The molecule has 12 heteroatoms. The van der Waals surface area contributed by atoms with Gasteiger partial charge in [0.15, 0.2) is 0 Å². The Bertz CT molecular complexity index is 1520. The van der Waals surface area contributed by atoms with Crippen LogP contribution in [0.15, 0.2) is 55.0 Å². The Kier molecular flexibility index (Phi) is 6.70. The number of nitrogens with zero attached hydrogens (tertiary/aromatic N) is 5. The summed E-state index contributed by atoms with van der Waals surface area (Å²) < 4.78 is 40.6. The van der Waals surface area contributed by atoms with Gasteiger partial charge in [-0.15, -0.1) is 0 Å². The molecule has 4 aromatic rings. The molecule has 0 unspecified atom stereocenters. The quantitative estimate of drug-likeness (QED) is 0.333. The van der Waals surface area contributed by atoms with Crippen LogP contribution in [-0.4, -0.2) is 43.3 Å². The molecular weight excluding hydrogens is 519 g/mol. The molecule has 1 aliphatic heterocycles. The van der Waals surface area contributed by atoms with Gasteiger partial charge in [-0.25, -0.2) is 4.98 Å². The van der Waals surface area contributed by atoms with Crippen molar-refractivity contribution in [3.05, 3.63) is 76.7 Å². The van der Waals surface area contributed by atoms with Gasteiger partial charge in [-0.1, -0.05) is 17.7 Å². The minimum atomic E-state index is -4.90. The second-order valence-corrected chi connectivity index (χ2v) is 9.44. The molecule has 0 radical (unpaired) electrons. The highest BCUT2D eigenvalue weighted by Gasteiger charge is 2.43. The van der Waals surface area contributed by atoms with E-state index in [1.165, 1.54) is 0 Å². The molecule has 0 saturated heterocycles. The van der Waals surface area contributed by atoms with E-state index in [0.717, 1.165) is 27.3 Å². The standard InChI is InChI=1S/C26H23ClF3N7O/c1-15-9-19(5-6-22(15)27)34-25-31-12-21(18-11-32-36(2)13-18)23(35-25)33-20-4-3-16-7-8-37(14-17(16)10-20)24(38)26(28,29)30/h3-6,9-13H,7-8,14H2,1-2H3,(H2,31,33,34,35). The zero-order valence-corrected chi connectivity index (χ0v) is 21.2. The van der Waals surface area contributed by atoms with E-state index in [-0.39, 0.29) is 13.1 Å². The highest BCUT2D eigenvalue weighted by molar-refractivity contribution is 6.31. The average molecular weight is 542 g/mol. The average Bonchev–Trinajstić information content (AvgIpc) is 3.31. The maximum absolute atomic E-state index is 13.0. The minimum Gasteiger partial charge on any atom is -0.340 e. The third-order valence-corrected chi connectivity index (χ3v) is 6.65.